The van der Waals surface area contributed by atoms with Crippen LogP contribution < -0.4 is 10.2 Å². The maximum atomic E-state index is 13.1. The van der Waals surface area contributed by atoms with Crippen molar-refractivity contribution >= 4 is 32.3 Å². The zero-order chi connectivity index (χ0) is 23.4. The van der Waals surface area contributed by atoms with Gasteiger partial charge in [0.1, 0.15) is 0 Å². The van der Waals surface area contributed by atoms with Crippen LogP contribution in [0.5, 0.6) is 0 Å². The van der Waals surface area contributed by atoms with Gasteiger partial charge in [0.15, 0.2) is 0 Å². The molecule has 2 aromatic carbocycles. The maximum absolute atomic E-state index is 13.1. The molecule has 3 aromatic rings. The number of rotatable bonds is 7. The van der Waals surface area contributed by atoms with Crippen molar-refractivity contribution < 1.29 is 17.9 Å². The van der Waals surface area contributed by atoms with Crippen LogP contribution in [0.2, 0.25) is 0 Å². The van der Waals surface area contributed by atoms with E-state index in [1.165, 1.54) is 29.7 Å². The average molecular weight is 486 g/mol. The number of nitrogens with zero attached hydrogens (tertiary/aromatic N) is 2. The number of sulfonamides is 1. The SMILES string of the molecule is CN(C)S(=O)(=O)c1ccccc1CNC(=O)c1cc(-c2ccccc2)c(N2CCOCC2)s1. The Morgan fingerprint density at radius 2 is 1.73 bits per heavy atom. The van der Waals surface area contributed by atoms with Gasteiger partial charge in [-0.1, -0.05) is 48.5 Å². The molecule has 0 atom stereocenters. The van der Waals surface area contributed by atoms with Gasteiger partial charge in [-0.2, -0.15) is 0 Å². The Labute approximate surface area is 198 Å². The Morgan fingerprint density at radius 1 is 1.06 bits per heavy atom. The highest BCUT2D eigenvalue weighted by Gasteiger charge is 2.23. The molecule has 1 N–H and O–H groups in total. The van der Waals surface area contributed by atoms with E-state index in [-0.39, 0.29) is 17.3 Å². The molecule has 1 saturated heterocycles. The summed E-state index contributed by atoms with van der Waals surface area (Å²) in [5.74, 6) is -0.228. The lowest BCUT2D eigenvalue weighted by atomic mass is 10.1. The molecule has 4 rings (SSSR count). The lowest BCUT2D eigenvalue weighted by Gasteiger charge is -2.28. The number of morpholine rings is 1. The van der Waals surface area contributed by atoms with Crippen LogP contribution in [0.1, 0.15) is 15.2 Å². The van der Waals surface area contributed by atoms with Crippen molar-refractivity contribution in [1.29, 1.82) is 0 Å². The molecule has 0 bridgehead atoms. The van der Waals surface area contributed by atoms with Crippen molar-refractivity contribution in [2.45, 2.75) is 11.4 Å². The van der Waals surface area contributed by atoms with Crippen LogP contribution in [-0.4, -0.2) is 59.0 Å². The number of benzene rings is 2. The van der Waals surface area contributed by atoms with E-state index in [0.717, 1.165) is 29.2 Å². The first-order chi connectivity index (χ1) is 15.9. The van der Waals surface area contributed by atoms with Gasteiger partial charge in [0.25, 0.3) is 5.91 Å². The van der Waals surface area contributed by atoms with E-state index in [1.54, 1.807) is 24.3 Å². The fourth-order valence-electron chi connectivity index (χ4n) is 3.68. The van der Waals surface area contributed by atoms with Crippen LogP contribution in [0.15, 0.2) is 65.6 Å². The molecule has 0 aliphatic carbocycles. The molecule has 174 valence electrons. The molecule has 1 aliphatic heterocycles. The van der Waals surface area contributed by atoms with Gasteiger partial charge in [0.05, 0.1) is 28.0 Å². The molecule has 0 radical (unpaired) electrons. The highest BCUT2D eigenvalue weighted by atomic mass is 32.2. The van der Waals surface area contributed by atoms with Crippen LogP contribution >= 0.6 is 11.3 Å². The molecule has 1 aliphatic rings. The monoisotopic (exact) mass is 485 g/mol. The standard InChI is InChI=1S/C24H27N3O4S2/c1-26(2)33(29,30)22-11-7-6-10-19(22)17-25-23(28)21-16-20(18-8-4-3-5-9-18)24(32-21)27-12-14-31-15-13-27/h3-11,16H,12-15,17H2,1-2H3,(H,25,28). The summed E-state index contributed by atoms with van der Waals surface area (Å²) in [6, 6.07) is 18.7. The lowest BCUT2D eigenvalue weighted by Crippen LogP contribution is -2.35. The van der Waals surface area contributed by atoms with E-state index in [1.807, 2.05) is 36.4 Å². The molecular formula is C24H27N3O4S2. The average Bonchev–Trinajstić information content (AvgIpc) is 3.29. The Bertz CT molecular complexity index is 1220. The predicted molar refractivity (Wildman–Crippen MR) is 131 cm³/mol. The Kier molecular flexibility index (Phi) is 7.14. The van der Waals surface area contributed by atoms with Crippen LogP contribution in [0, 0.1) is 0 Å². The Balaban J connectivity index is 1.59. The van der Waals surface area contributed by atoms with Crippen LogP contribution in [0.3, 0.4) is 0 Å². The zero-order valence-electron chi connectivity index (χ0n) is 18.7. The molecule has 7 nitrogen and oxygen atoms in total. The maximum Gasteiger partial charge on any atom is 0.261 e. The number of amides is 1. The van der Waals surface area contributed by atoms with Gasteiger partial charge in [-0.25, -0.2) is 12.7 Å². The summed E-state index contributed by atoms with van der Waals surface area (Å²) in [5, 5.41) is 3.95. The minimum atomic E-state index is -3.61. The van der Waals surface area contributed by atoms with Gasteiger partial charge < -0.3 is 15.0 Å². The van der Waals surface area contributed by atoms with Crippen molar-refractivity contribution in [3.8, 4) is 11.1 Å². The van der Waals surface area contributed by atoms with Crippen molar-refractivity contribution in [3.63, 3.8) is 0 Å². The second kappa shape index (κ2) is 10.0. The van der Waals surface area contributed by atoms with Crippen molar-refractivity contribution in [3.05, 3.63) is 71.1 Å². The molecular weight excluding hydrogens is 458 g/mol. The summed E-state index contributed by atoms with van der Waals surface area (Å²) >= 11 is 1.45. The summed E-state index contributed by atoms with van der Waals surface area (Å²) in [6.07, 6.45) is 0. The van der Waals surface area contributed by atoms with Crippen LogP contribution in [0.25, 0.3) is 11.1 Å². The fourth-order valence-corrected chi connectivity index (χ4v) is 5.94. The van der Waals surface area contributed by atoms with Crippen molar-refractivity contribution in [2.75, 3.05) is 45.3 Å². The Morgan fingerprint density at radius 3 is 2.42 bits per heavy atom. The van der Waals surface area contributed by atoms with Gasteiger partial charge in [0.2, 0.25) is 10.0 Å². The highest BCUT2D eigenvalue weighted by Crippen LogP contribution is 2.39. The number of ether oxygens (including phenoxy) is 1. The first kappa shape index (κ1) is 23.4. The lowest BCUT2D eigenvalue weighted by molar-refractivity contribution is 0.0954. The number of anilines is 1. The van der Waals surface area contributed by atoms with Gasteiger partial charge >= 0.3 is 0 Å². The number of carbonyl (C=O) groups excluding carboxylic acids is 1. The smallest absolute Gasteiger partial charge is 0.261 e. The molecule has 33 heavy (non-hydrogen) atoms. The largest absolute Gasteiger partial charge is 0.378 e. The molecule has 9 heteroatoms. The minimum absolute atomic E-state index is 0.119. The summed E-state index contributed by atoms with van der Waals surface area (Å²) in [5.41, 5.74) is 2.62. The molecule has 0 saturated carbocycles. The molecule has 1 aromatic heterocycles. The number of hydrogen-bond acceptors (Lipinski definition) is 6. The van der Waals surface area contributed by atoms with E-state index in [0.29, 0.717) is 23.7 Å². The van der Waals surface area contributed by atoms with Gasteiger partial charge in [-0.05, 0) is 23.3 Å². The van der Waals surface area contributed by atoms with Crippen molar-refractivity contribution in [2.24, 2.45) is 0 Å². The molecule has 0 unspecified atom stereocenters. The molecule has 0 spiro atoms. The summed E-state index contributed by atoms with van der Waals surface area (Å²) in [6.45, 7) is 2.98. The summed E-state index contributed by atoms with van der Waals surface area (Å²) in [4.78, 5) is 16.1. The predicted octanol–water partition coefficient (Wildman–Crippen LogP) is 3.43. The summed E-state index contributed by atoms with van der Waals surface area (Å²) < 4.78 is 32.0. The topological polar surface area (TPSA) is 79.0 Å². The zero-order valence-corrected chi connectivity index (χ0v) is 20.3. The number of hydrogen-bond donors (Lipinski definition) is 1. The van der Waals surface area contributed by atoms with E-state index in [9.17, 15) is 13.2 Å². The van der Waals surface area contributed by atoms with E-state index in [4.69, 9.17) is 4.74 Å². The second-order valence-corrected chi connectivity index (χ2v) is 11.0. The number of thiophene rings is 1. The Hall–Kier alpha value is -2.72. The number of nitrogens with one attached hydrogen (secondary N) is 1. The first-order valence-electron chi connectivity index (χ1n) is 10.7. The van der Waals surface area contributed by atoms with E-state index < -0.39 is 10.0 Å². The van der Waals surface area contributed by atoms with Crippen LogP contribution in [-0.2, 0) is 21.3 Å². The van der Waals surface area contributed by atoms with Crippen molar-refractivity contribution in [1.82, 2.24) is 9.62 Å². The van der Waals surface area contributed by atoms with Crippen LogP contribution in [0.4, 0.5) is 5.00 Å². The molecule has 2 heterocycles. The second-order valence-electron chi connectivity index (χ2n) is 7.87. The normalized spacial score (nSPS) is 14.5. The van der Waals surface area contributed by atoms with E-state index in [2.05, 4.69) is 10.2 Å². The van der Waals surface area contributed by atoms with E-state index >= 15 is 0 Å². The third-order valence-corrected chi connectivity index (χ3v) is 8.60. The summed E-state index contributed by atoms with van der Waals surface area (Å²) in [7, 11) is -0.618. The molecule has 1 fully saturated rings. The highest BCUT2D eigenvalue weighted by molar-refractivity contribution is 7.89. The quantitative estimate of drug-likeness (QED) is 0.555. The third-order valence-electron chi connectivity index (χ3n) is 5.49. The van der Waals surface area contributed by atoms with Gasteiger partial charge in [-0.3, -0.25) is 4.79 Å². The van der Waals surface area contributed by atoms with Gasteiger partial charge in [-0.15, -0.1) is 11.3 Å². The van der Waals surface area contributed by atoms with Gasteiger partial charge in [0, 0.05) is 39.3 Å². The number of carbonyl (C=O) groups is 1. The minimum Gasteiger partial charge on any atom is -0.378 e. The molecule has 1 amide bonds. The third kappa shape index (κ3) is 5.11. The first-order valence-corrected chi connectivity index (χ1v) is 12.9. The fraction of sp³-hybridized carbons (Fsp3) is 0.292.